The Morgan fingerprint density at radius 1 is 1.40 bits per heavy atom. The van der Waals surface area contributed by atoms with E-state index < -0.39 is 0 Å². The summed E-state index contributed by atoms with van der Waals surface area (Å²) in [6.07, 6.45) is 0. The van der Waals surface area contributed by atoms with Crippen molar-refractivity contribution in [3.8, 4) is 5.75 Å². The van der Waals surface area contributed by atoms with Crippen LogP contribution in [-0.4, -0.2) is 23.6 Å². The van der Waals surface area contributed by atoms with Gasteiger partial charge in [-0.15, -0.1) is 0 Å². The molecule has 4 nitrogen and oxygen atoms in total. The third-order valence-corrected chi connectivity index (χ3v) is 1.85. The van der Waals surface area contributed by atoms with Gasteiger partial charge in [0.1, 0.15) is 5.75 Å². The maximum atomic E-state index is 11.4. The lowest BCUT2D eigenvalue weighted by atomic mass is 10.3. The van der Waals surface area contributed by atoms with Gasteiger partial charge in [-0.05, 0) is 12.1 Å². The molecule has 0 heterocycles. The molecule has 0 atom stereocenters. The van der Waals surface area contributed by atoms with E-state index in [0.29, 0.717) is 5.69 Å². The van der Waals surface area contributed by atoms with Crippen molar-refractivity contribution in [1.29, 1.82) is 0 Å². The molecule has 0 unspecified atom stereocenters. The number of para-hydroxylation sites is 2. The molecule has 4 heteroatoms. The topological polar surface area (TPSA) is 61.4 Å². The fraction of sp³-hybridized carbons (Fsp3) is 0.364. The Bertz CT molecular complexity index is 337. The number of hydrogen-bond acceptors (Lipinski definition) is 3. The molecule has 0 aromatic heterocycles. The number of carbonyl (C=O) groups excluding carboxylic acids is 1. The first-order chi connectivity index (χ1) is 7.09. The van der Waals surface area contributed by atoms with E-state index in [0.717, 1.165) is 0 Å². The van der Waals surface area contributed by atoms with Crippen molar-refractivity contribution < 1.29 is 9.90 Å². The van der Waals surface area contributed by atoms with Crippen LogP contribution in [0.25, 0.3) is 0 Å². The summed E-state index contributed by atoms with van der Waals surface area (Å²) in [5, 5.41) is 15.0. The predicted molar refractivity (Wildman–Crippen MR) is 59.9 cm³/mol. The zero-order valence-electron chi connectivity index (χ0n) is 8.95. The van der Waals surface area contributed by atoms with E-state index in [2.05, 4.69) is 10.6 Å². The van der Waals surface area contributed by atoms with Gasteiger partial charge in [-0.25, -0.2) is 0 Å². The average molecular weight is 208 g/mol. The average Bonchev–Trinajstić information content (AvgIpc) is 2.18. The summed E-state index contributed by atoms with van der Waals surface area (Å²) < 4.78 is 0. The molecule has 3 N–H and O–H groups in total. The molecule has 15 heavy (non-hydrogen) atoms. The largest absolute Gasteiger partial charge is 0.506 e. The van der Waals surface area contributed by atoms with E-state index in [1.807, 2.05) is 13.8 Å². The number of benzene rings is 1. The van der Waals surface area contributed by atoms with Gasteiger partial charge in [0.15, 0.2) is 0 Å². The van der Waals surface area contributed by atoms with Gasteiger partial charge in [0.25, 0.3) is 0 Å². The second-order valence-corrected chi connectivity index (χ2v) is 3.60. The lowest BCUT2D eigenvalue weighted by molar-refractivity contribution is -0.115. The predicted octanol–water partition coefficient (Wildman–Crippen LogP) is 1.33. The zero-order chi connectivity index (χ0) is 11.3. The van der Waals surface area contributed by atoms with Crippen LogP contribution in [0.5, 0.6) is 5.75 Å². The minimum atomic E-state index is -0.162. The highest BCUT2D eigenvalue weighted by molar-refractivity contribution is 5.93. The normalized spacial score (nSPS) is 10.3. The van der Waals surface area contributed by atoms with Gasteiger partial charge in [0, 0.05) is 6.04 Å². The van der Waals surface area contributed by atoms with Crippen LogP contribution < -0.4 is 10.6 Å². The molecule has 1 amide bonds. The van der Waals surface area contributed by atoms with E-state index >= 15 is 0 Å². The third kappa shape index (κ3) is 3.99. The molecule has 0 saturated carbocycles. The number of anilines is 1. The Morgan fingerprint density at radius 2 is 2.07 bits per heavy atom. The molecule has 0 bridgehead atoms. The molecule has 0 fully saturated rings. The lowest BCUT2D eigenvalue weighted by Crippen LogP contribution is -2.32. The summed E-state index contributed by atoms with van der Waals surface area (Å²) in [7, 11) is 0. The highest BCUT2D eigenvalue weighted by Crippen LogP contribution is 2.20. The molecule has 0 saturated heterocycles. The molecular formula is C11H16N2O2. The molecule has 0 aliphatic rings. The van der Waals surface area contributed by atoms with E-state index in [-0.39, 0.29) is 24.2 Å². The minimum absolute atomic E-state index is 0.0791. The molecule has 1 aromatic rings. The molecule has 1 aromatic carbocycles. The first-order valence-corrected chi connectivity index (χ1v) is 4.91. The van der Waals surface area contributed by atoms with E-state index in [9.17, 15) is 9.90 Å². The molecule has 0 spiro atoms. The Hall–Kier alpha value is -1.55. The van der Waals surface area contributed by atoms with Crippen molar-refractivity contribution in [2.75, 3.05) is 11.9 Å². The van der Waals surface area contributed by atoms with Crippen molar-refractivity contribution in [2.24, 2.45) is 0 Å². The Labute approximate surface area is 89.3 Å². The monoisotopic (exact) mass is 208 g/mol. The van der Waals surface area contributed by atoms with Gasteiger partial charge < -0.3 is 15.7 Å². The number of phenolic OH excluding ortho intramolecular Hbond substituents is 1. The molecule has 1 rings (SSSR count). The fourth-order valence-corrected chi connectivity index (χ4v) is 1.07. The van der Waals surface area contributed by atoms with Gasteiger partial charge in [-0.1, -0.05) is 26.0 Å². The van der Waals surface area contributed by atoms with Gasteiger partial charge >= 0.3 is 0 Å². The van der Waals surface area contributed by atoms with Crippen LogP contribution in [0.2, 0.25) is 0 Å². The quantitative estimate of drug-likeness (QED) is 0.654. The van der Waals surface area contributed by atoms with Crippen LogP contribution in [-0.2, 0) is 4.79 Å². The van der Waals surface area contributed by atoms with Gasteiger partial charge in [0.05, 0.1) is 12.2 Å². The van der Waals surface area contributed by atoms with Crippen LogP contribution in [0.4, 0.5) is 5.69 Å². The standard InChI is InChI=1S/C11H16N2O2/c1-8(2)12-7-11(15)13-9-5-3-4-6-10(9)14/h3-6,8,12,14H,7H2,1-2H3,(H,13,15). The Balaban J connectivity index is 2.48. The van der Waals surface area contributed by atoms with Crippen molar-refractivity contribution >= 4 is 11.6 Å². The highest BCUT2D eigenvalue weighted by Gasteiger charge is 2.05. The van der Waals surface area contributed by atoms with Gasteiger partial charge in [-0.2, -0.15) is 0 Å². The number of hydrogen-bond donors (Lipinski definition) is 3. The lowest BCUT2D eigenvalue weighted by Gasteiger charge is -2.09. The SMILES string of the molecule is CC(C)NCC(=O)Nc1ccccc1O. The number of amides is 1. The first-order valence-electron chi connectivity index (χ1n) is 4.91. The number of nitrogens with one attached hydrogen (secondary N) is 2. The van der Waals surface area contributed by atoms with Crippen LogP contribution in [0.15, 0.2) is 24.3 Å². The highest BCUT2D eigenvalue weighted by atomic mass is 16.3. The number of rotatable bonds is 4. The van der Waals surface area contributed by atoms with E-state index in [1.165, 1.54) is 6.07 Å². The summed E-state index contributed by atoms with van der Waals surface area (Å²) in [5.41, 5.74) is 0.438. The third-order valence-electron chi connectivity index (χ3n) is 1.85. The fourth-order valence-electron chi connectivity index (χ4n) is 1.07. The molecule has 82 valence electrons. The van der Waals surface area contributed by atoms with Crippen LogP contribution in [0.3, 0.4) is 0 Å². The van der Waals surface area contributed by atoms with Crippen LogP contribution in [0, 0.1) is 0 Å². The minimum Gasteiger partial charge on any atom is -0.506 e. The molecule has 0 aliphatic heterocycles. The van der Waals surface area contributed by atoms with Crippen molar-refractivity contribution in [1.82, 2.24) is 5.32 Å². The molecule has 0 aliphatic carbocycles. The van der Waals surface area contributed by atoms with Crippen LogP contribution in [0.1, 0.15) is 13.8 Å². The van der Waals surface area contributed by atoms with Gasteiger partial charge in [-0.3, -0.25) is 4.79 Å². The number of carbonyl (C=O) groups is 1. The summed E-state index contributed by atoms with van der Waals surface area (Å²) in [6, 6.07) is 6.91. The van der Waals surface area contributed by atoms with Crippen LogP contribution >= 0.6 is 0 Å². The second-order valence-electron chi connectivity index (χ2n) is 3.60. The number of phenols is 1. The maximum absolute atomic E-state index is 11.4. The van der Waals surface area contributed by atoms with E-state index in [1.54, 1.807) is 18.2 Å². The van der Waals surface area contributed by atoms with Crippen molar-refractivity contribution in [3.05, 3.63) is 24.3 Å². The smallest absolute Gasteiger partial charge is 0.238 e. The Morgan fingerprint density at radius 3 is 2.67 bits per heavy atom. The van der Waals surface area contributed by atoms with Crippen molar-refractivity contribution in [3.63, 3.8) is 0 Å². The van der Waals surface area contributed by atoms with Gasteiger partial charge in [0.2, 0.25) is 5.91 Å². The molecule has 0 radical (unpaired) electrons. The second kappa shape index (κ2) is 5.36. The summed E-state index contributed by atoms with van der Waals surface area (Å²) >= 11 is 0. The number of aromatic hydroxyl groups is 1. The molecular weight excluding hydrogens is 192 g/mol. The van der Waals surface area contributed by atoms with E-state index in [4.69, 9.17) is 0 Å². The Kier molecular flexibility index (Phi) is 4.12. The summed E-state index contributed by atoms with van der Waals surface area (Å²) in [5.74, 6) is -0.0828. The maximum Gasteiger partial charge on any atom is 0.238 e. The summed E-state index contributed by atoms with van der Waals surface area (Å²) in [4.78, 5) is 11.4. The zero-order valence-corrected chi connectivity index (χ0v) is 8.95. The summed E-state index contributed by atoms with van der Waals surface area (Å²) in [6.45, 7) is 4.17. The first kappa shape index (κ1) is 11.5. The van der Waals surface area contributed by atoms with Crippen molar-refractivity contribution in [2.45, 2.75) is 19.9 Å².